The largest absolute Gasteiger partial charge is 0.392 e. The third-order valence-corrected chi connectivity index (χ3v) is 3.31. The van der Waals surface area contributed by atoms with Crippen LogP contribution in [0, 0.1) is 5.92 Å². The summed E-state index contributed by atoms with van der Waals surface area (Å²) in [5.74, 6) is 0.439. The summed E-state index contributed by atoms with van der Waals surface area (Å²) in [6.45, 7) is 3.25. The van der Waals surface area contributed by atoms with Gasteiger partial charge in [-0.3, -0.25) is 4.79 Å². The SMILES string of the molecule is CC(=O)C(C)C(O)CCSc1ncccn1. The molecule has 5 heteroatoms. The highest BCUT2D eigenvalue weighted by Gasteiger charge is 2.18. The lowest BCUT2D eigenvalue weighted by Gasteiger charge is -2.15. The number of aliphatic hydroxyl groups excluding tert-OH is 1. The molecular formula is C11H16N2O2S. The Morgan fingerprint density at radius 1 is 1.50 bits per heavy atom. The number of hydrogen-bond acceptors (Lipinski definition) is 5. The third-order valence-electron chi connectivity index (χ3n) is 2.41. The van der Waals surface area contributed by atoms with Gasteiger partial charge in [0.05, 0.1) is 6.10 Å². The van der Waals surface area contributed by atoms with E-state index in [4.69, 9.17) is 0 Å². The van der Waals surface area contributed by atoms with Crippen LogP contribution in [0.2, 0.25) is 0 Å². The van der Waals surface area contributed by atoms with Gasteiger partial charge in [-0.1, -0.05) is 18.7 Å². The van der Waals surface area contributed by atoms with Crippen molar-refractivity contribution in [3.05, 3.63) is 18.5 Å². The number of hydrogen-bond donors (Lipinski definition) is 1. The van der Waals surface area contributed by atoms with Crippen LogP contribution in [0.4, 0.5) is 0 Å². The Kier molecular flexibility index (Phi) is 5.42. The lowest BCUT2D eigenvalue weighted by atomic mass is 9.99. The number of aromatic nitrogens is 2. The minimum absolute atomic E-state index is 0.0217. The van der Waals surface area contributed by atoms with E-state index in [9.17, 15) is 9.90 Å². The van der Waals surface area contributed by atoms with E-state index in [2.05, 4.69) is 9.97 Å². The number of ketones is 1. The molecule has 16 heavy (non-hydrogen) atoms. The summed E-state index contributed by atoms with van der Waals surface area (Å²) in [7, 11) is 0. The first-order chi connectivity index (χ1) is 7.61. The number of Topliss-reactive ketones (excluding diaryl/α,β-unsaturated/α-hetero) is 1. The number of nitrogens with zero attached hydrogens (tertiary/aromatic N) is 2. The molecule has 1 aromatic rings. The van der Waals surface area contributed by atoms with Gasteiger partial charge in [-0.25, -0.2) is 9.97 Å². The molecule has 1 heterocycles. The first kappa shape index (κ1) is 13.1. The van der Waals surface area contributed by atoms with Gasteiger partial charge >= 0.3 is 0 Å². The van der Waals surface area contributed by atoms with Crippen LogP contribution in [0.3, 0.4) is 0 Å². The van der Waals surface area contributed by atoms with Crippen molar-refractivity contribution in [2.24, 2.45) is 5.92 Å². The molecule has 0 amide bonds. The topological polar surface area (TPSA) is 63.1 Å². The van der Waals surface area contributed by atoms with Gasteiger partial charge in [0, 0.05) is 24.1 Å². The van der Waals surface area contributed by atoms with Crippen molar-refractivity contribution in [3.8, 4) is 0 Å². The van der Waals surface area contributed by atoms with Gasteiger partial charge in [-0.15, -0.1) is 0 Å². The Balaban J connectivity index is 2.28. The first-order valence-corrected chi connectivity index (χ1v) is 6.18. The molecule has 0 fully saturated rings. The van der Waals surface area contributed by atoms with E-state index < -0.39 is 6.10 Å². The predicted octanol–water partition coefficient (Wildman–Crippen LogP) is 1.54. The van der Waals surface area contributed by atoms with Crippen molar-refractivity contribution in [2.75, 3.05) is 5.75 Å². The van der Waals surface area contributed by atoms with Crippen LogP contribution in [0.15, 0.2) is 23.6 Å². The molecule has 1 rings (SSSR count). The van der Waals surface area contributed by atoms with Crippen LogP contribution < -0.4 is 0 Å². The first-order valence-electron chi connectivity index (χ1n) is 5.19. The molecule has 0 aliphatic carbocycles. The second-order valence-electron chi connectivity index (χ2n) is 3.64. The number of rotatable bonds is 6. The summed E-state index contributed by atoms with van der Waals surface area (Å²) in [6, 6.07) is 1.76. The second-order valence-corrected chi connectivity index (χ2v) is 4.70. The van der Waals surface area contributed by atoms with Crippen LogP contribution in [-0.4, -0.2) is 32.7 Å². The maximum atomic E-state index is 11.0. The van der Waals surface area contributed by atoms with Crippen molar-refractivity contribution in [3.63, 3.8) is 0 Å². The van der Waals surface area contributed by atoms with Crippen LogP contribution in [0.5, 0.6) is 0 Å². The normalized spacial score (nSPS) is 14.4. The van der Waals surface area contributed by atoms with Crippen molar-refractivity contribution < 1.29 is 9.90 Å². The summed E-state index contributed by atoms with van der Waals surface area (Å²) in [6.07, 6.45) is 3.37. The Labute approximate surface area is 99.5 Å². The Hall–Kier alpha value is -0.940. The van der Waals surface area contributed by atoms with Crippen LogP contribution >= 0.6 is 11.8 Å². The van der Waals surface area contributed by atoms with Gasteiger partial charge in [0.15, 0.2) is 5.16 Å². The van der Waals surface area contributed by atoms with Crippen molar-refractivity contribution >= 4 is 17.5 Å². The predicted molar refractivity (Wildman–Crippen MR) is 63.2 cm³/mol. The van der Waals surface area contributed by atoms with Crippen molar-refractivity contribution in [2.45, 2.75) is 31.5 Å². The standard InChI is InChI=1S/C11H16N2O2S/c1-8(9(2)14)10(15)4-7-16-11-12-5-3-6-13-11/h3,5-6,8,10,15H,4,7H2,1-2H3. The smallest absolute Gasteiger partial charge is 0.187 e. The molecule has 2 unspecified atom stereocenters. The fraction of sp³-hybridized carbons (Fsp3) is 0.545. The van der Waals surface area contributed by atoms with E-state index in [0.717, 1.165) is 0 Å². The van der Waals surface area contributed by atoms with Gasteiger partial charge in [-0.2, -0.15) is 0 Å². The maximum Gasteiger partial charge on any atom is 0.187 e. The summed E-state index contributed by atoms with van der Waals surface area (Å²) in [4.78, 5) is 19.1. The van der Waals surface area contributed by atoms with E-state index in [1.165, 1.54) is 18.7 Å². The van der Waals surface area contributed by atoms with E-state index in [1.807, 2.05) is 0 Å². The number of carbonyl (C=O) groups excluding carboxylic acids is 1. The zero-order valence-electron chi connectivity index (χ0n) is 9.46. The molecule has 0 aliphatic rings. The van der Waals surface area contributed by atoms with E-state index in [-0.39, 0.29) is 11.7 Å². The van der Waals surface area contributed by atoms with Gasteiger partial charge in [-0.05, 0) is 19.4 Å². The average Bonchev–Trinajstić information content (AvgIpc) is 2.29. The molecule has 1 N–H and O–H groups in total. The molecular weight excluding hydrogens is 224 g/mol. The molecule has 1 aromatic heterocycles. The Morgan fingerprint density at radius 3 is 2.69 bits per heavy atom. The molecule has 0 spiro atoms. The van der Waals surface area contributed by atoms with E-state index in [1.54, 1.807) is 25.4 Å². The van der Waals surface area contributed by atoms with Crippen LogP contribution in [0.25, 0.3) is 0 Å². The molecule has 0 saturated heterocycles. The molecule has 0 bridgehead atoms. The molecule has 0 aliphatic heterocycles. The summed E-state index contributed by atoms with van der Waals surface area (Å²) in [5, 5.41) is 10.4. The van der Waals surface area contributed by atoms with Gasteiger partial charge < -0.3 is 5.11 Å². The minimum atomic E-state index is -0.575. The van der Waals surface area contributed by atoms with E-state index in [0.29, 0.717) is 17.3 Å². The zero-order chi connectivity index (χ0) is 12.0. The monoisotopic (exact) mass is 240 g/mol. The third kappa shape index (κ3) is 4.28. The number of aliphatic hydroxyl groups is 1. The van der Waals surface area contributed by atoms with Crippen molar-refractivity contribution in [1.82, 2.24) is 9.97 Å². The molecule has 4 nitrogen and oxygen atoms in total. The second kappa shape index (κ2) is 6.60. The van der Waals surface area contributed by atoms with Gasteiger partial charge in [0.1, 0.15) is 5.78 Å². The Bertz CT molecular complexity index is 332. The highest BCUT2D eigenvalue weighted by atomic mass is 32.2. The molecule has 0 aromatic carbocycles. The van der Waals surface area contributed by atoms with Crippen LogP contribution in [-0.2, 0) is 4.79 Å². The minimum Gasteiger partial charge on any atom is -0.392 e. The van der Waals surface area contributed by atoms with Crippen molar-refractivity contribution in [1.29, 1.82) is 0 Å². The van der Waals surface area contributed by atoms with Crippen LogP contribution in [0.1, 0.15) is 20.3 Å². The van der Waals surface area contributed by atoms with Gasteiger partial charge in [0.2, 0.25) is 0 Å². The number of thioether (sulfide) groups is 1. The van der Waals surface area contributed by atoms with Gasteiger partial charge in [0.25, 0.3) is 0 Å². The zero-order valence-corrected chi connectivity index (χ0v) is 10.3. The average molecular weight is 240 g/mol. The molecule has 2 atom stereocenters. The quantitative estimate of drug-likeness (QED) is 0.603. The maximum absolute atomic E-state index is 11.0. The summed E-state index contributed by atoms with van der Waals surface area (Å²) >= 11 is 1.48. The highest BCUT2D eigenvalue weighted by Crippen LogP contribution is 2.16. The lowest BCUT2D eigenvalue weighted by Crippen LogP contribution is -2.24. The fourth-order valence-corrected chi connectivity index (χ4v) is 1.96. The molecule has 88 valence electrons. The number of carbonyl (C=O) groups is 1. The summed E-state index contributed by atoms with van der Waals surface area (Å²) < 4.78 is 0. The lowest BCUT2D eigenvalue weighted by molar-refractivity contribution is -0.123. The Morgan fingerprint density at radius 2 is 2.12 bits per heavy atom. The molecule has 0 saturated carbocycles. The fourth-order valence-electron chi connectivity index (χ4n) is 1.15. The molecule has 0 radical (unpaired) electrons. The summed E-state index contributed by atoms with van der Waals surface area (Å²) in [5.41, 5.74) is 0. The van der Waals surface area contributed by atoms with E-state index >= 15 is 0 Å². The highest BCUT2D eigenvalue weighted by molar-refractivity contribution is 7.99.